The fraction of sp³-hybridized carbons (Fsp3) is 0.333. The van der Waals surface area contributed by atoms with Crippen LogP contribution in [-0.4, -0.2) is 22.9 Å². The van der Waals surface area contributed by atoms with Crippen molar-refractivity contribution >= 4 is 11.8 Å². The Morgan fingerprint density at radius 3 is 2.06 bits per heavy atom. The van der Waals surface area contributed by atoms with E-state index in [0.717, 1.165) is 5.56 Å². The highest BCUT2D eigenvalue weighted by Crippen LogP contribution is 2.01. The van der Waals surface area contributed by atoms with Gasteiger partial charge in [-0.25, -0.2) is 0 Å². The molecular formula is C12H17NO3. The second kappa shape index (κ2) is 7.59. The van der Waals surface area contributed by atoms with Crippen LogP contribution in [-0.2, 0) is 4.79 Å². The molecule has 4 nitrogen and oxygen atoms in total. The standard InChI is InChI=1S/C9H10O.C3H7NO2/c1-2-9(10)8-6-4-3-5-7-8;1-2(4)3(5)6/h3-7H,2H2,1H3;2H,4H2,1H3,(H,5,6). The molecule has 0 aliphatic heterocycles. The summed E-state index contributed by atoms with van der Waals surface area (Å²) in [5.74, 6) is -0.754. The van der Waals surface area contributed by atoms with Crippen molar-refractivity contribution in [2.24, 2.45) is 5.73 Å². The molecule has 1 atom stereocenters. The van der Waals surface area contributed by atoms with Crippen LogP contribution in [0, 0.1) is 0 Å². The van der Waals surface area contributed by atoms with Crippen LogP contribution in [0.2, 0.25) is 0 Å². The number of ketones is 1. The molecule has 1 rings (SSSR count). The van der Waals surface area contributed by atoms with E-state index in [0.29, 0.717) is 6.42 Å². The Bertz CT molecular complexity index is 333. The third-order valence-corrected chi connectivity index (χ3v) is 1.81. The molecular weight excluding hydrogens is 206 g/mol. The molecule has 0 aliphatic rings. The predicted molar refractivity (Wildman–Crippen MR) is 62.3 cm³/mol. The minimum absolute atomic E-state index is 0.209. The van der Waals surface area contributed by atoms with Crippen LogP contribution in [0.4, 0.5) is 0 Å². The molecule has 0 saturated heterocycles. The lowest BCUT2D eigenvalue weighted by molar-refractivity contribution is -0.138. The molecule has 0 saturated carbocycles. The van der Waals surface area contributed by atoms with Crippen LogP contribution >= 0.6 is 0 Å². The van der Waals surface area contributed by atoms with Crippen molar-refractivity contribution < 1.29 is 14.7 Å². The Morgan fingerprint density at radius 2 is 1.75 bits per heavy atom. The summed E-state index contributed by atoms with van der Waals surface area (Å²) in [7, 11) is 0. The molecule has 0 bridgehead atoms. The first-order valence-corrected chi connectivity index (χ1v) is 5.05. The van der Waals surface area contributed by atoms with E-state index in [1.807, 2.05) is 37.3 Å². The molecule has 4 heteroatoms. The first-order chi connectivity index (χ1) is 7.49. The minimum Gasteiger partial charge on any atom is -0.480 e. The zero-order valence-corrected chi connectivity index (χ0v) is 9.51. The van der Waals surface area contributed by atoms with Crippen molar-refractivity contribution in [1.29, 1.82) is 0 Å². The van der Waals surface area contributed by atoms with Crippen molar-refractivity contribution in [2.45, 2.75) is 26.3 Å². The molecule has 0 amide bonds. The Morgan fingerprint density at radius 1 is 1.31 bits per heavy atom. The van der Waals surface area contributed by atoms with Gasteiger partial charge in [0, 0.05) is 12.0 Å². The van der Waals surface area contributed by atoms with E-state index in [-0.39, 0.29) is 5.78 Å². The third-order valence-electron chi connectivity index (χ3n) is 1.81. The van der Waals surface area contributed by atoms with Crippen molar-refractivity contribution in [3.63, 3.8) is 0 Å². The summed E-state index contributed by atoms with van der Waals surface area (Å²) in [4.78, 5) is 20.6. The Balaban J connectivity index is 0.000000325. The molecule has 0 aromatic heterocycles. The van der Waals surface area contributed by atoms with Crippen LogP contribution in [0.15, 0.2) is 30.3 Å². The predicted octanol–water partition coefficient (Wildman–Crippen LogP) is 1.70. The highest BCUT2D eigenvalue weighted by Gasteiger charge is 1.99. The van der Waals surface area contributed by atoms with Gasteiger partial charge in [0.15, 0.2) is 5.78 Å². The van der Waals surface area contributed by atoms with E-state index >= 15 is 0 Å². The lowest BCUT2D eigenvalue weighted by atomic mass is 10.1. The Labute approximate surface area is 95.1 Å². The van der Waals surface area contributed by atoms with Crippen molar-refractivity contribution in [3.05, 3.63) is 35.9 Å². The van der Waals surface area contributed by atoms with Crippen molar-refractivity contribution in [3.8, 4) is 0 Å². The molecule has 0 radical (unpaired) electrons. The maximum Gasteiger partial charge on any atom is 0.320 e. The molecule has 88 valence electrons. The van der Waals surface area contributed by atoms with Gasteiger partial charge in [0.25, 0.3) is 0 Å². The van der Waals surface area contributed by atoms with E-state index < -0.39 is 12.0 Å². The summed E-state index contributed by atoms with van der Waals surface area (Å²) >= 11 is 0. The monoisotopic (exact) mass is 223 g/mol. The number of aliphatic carboxylic acids is 1. The highest BCUT2D eigenvalue weighted by atomic mass is 16.4. The number of Topliss-reactive ketones (excluding diaryl/α,β-unsaturated/α-hetero) is 1. The molecule has 0 aliphatic carbocycles. The van der Waals surface area contributed by atoms with Gasteiger partial charge in [0.2, 0.25) is 0 Å². The van der Waals surface area contributed by atoms with Gasteiger partial charge in [-0.1, -0.05) is 37.3 Å². The number of benzene rings is 1. The van der Waals surface area contributed by atoms with Crippen molar-refractivity contribution in [1.82, 2.24) is 0 Å². The molecule has 0 heterocycles. The fourth-order valence-electron chi connectivity index (χ4n) is 0.828. The van der Waals surface area contributed by atoms with Gasteiger partial charge in [-0.2, -0.15) is 0 Å². The quantitative estimate of drug-likeness (QED) is 0.764. The molecule has 1 aromatic rings. The molecule has 3 N–H and O–H groups in total. The second-order valence-electron chi connectivity index (χ2n) is 3.27. The van der Waals surface area contributed by atoms with E-state index in [9.17, 15) is 9.59 Å². The maximum atomic E-state index is 11.0. The van der Waals surface area contributed by atoms with Gasteiger partial charge in [-0.3, -0.25) is 9.59 Å². The molecule has 0 spiro atoms. The van der Waals surface area contributed by atoms with Gasteiger partial charge in [0.05, 0.1) is 0 Å². The topological polar surface area (TPSA) is 80.4 Å². The summed E-state index contributed by atoms with van der Waals surface area (Å²) < 4.78 is 0. The Kier molecular flexibility index (Phi) is 6.79. The summed E-state index contributed by atoms with van der Waals surface area (Å²) in [6, 6.07) is 8.61. The zero-order chi connectivity index (χ0) is 12.6. The van der Waals surface area contributed by atoms with Gasteiger partial charge in [0.1, 0.15) is 6.04 Å². The van der Waals surface area contributed by atoms with E-state index in [1.54, 1.807) is 0 Å². The van der Waals surface area contributed by atoms with E-state index in [2.05, 4.69) is 0 Å². The number of hydrogen-bond acceptors (Lipinski definition) is 3. The molecule has 0 fully saturated rings. The Hall–Kier alpha value is -1.68. The third kappa shape index (κ3) is 5.93. The first-order valence-electron chi connectivity index (χ1n) is 5.05. The lowest BCUT2D eigenvalue weighted by Crippen LogP contribution is -2.25. The lowest BCUT2D eigenvalue weighted by Gasteiger charge is -1.93. The number of carboxylic acid groups (broad SMARTS) is 1. The van der Waals surface area contributed by atoms with Gasteiger partial charge < -0.3 is 10.8 Å². The van der Waals surface area contributed by atoms with E-state index in [4.69, 9.17) is 10.8 Å². The zero-order valence-electron chi connectivity index (χ0n) is 9.51. The average molecular weight is 223 g/mol. The second-order valence-corrected chi connectivity index (χ2v) is 3.27. The number of nitrogens with two attached hydrogens (primary N) is 1. The molecule has 1 unspecified atom stereocenters. The van der Waals surface area contributed by atoms with Gasteiger partial charge >= 0.3 is 5.97 Å². The summed E-state index contributed by atoms with van der Waals surface area (Å²) in [6.45, 7) is 3.29. The van der Waals surface area contributed by atoms with Crippen molar-refractivity contribution in [2.75, 3.05) is 0 Å². The van der Waals surface area contributed by atoms with Gasteiger partial charge in [-0.05, 0) is 6.92 Å². The van der Waals surface area contributed by atoms with Gasteiger partial charge in [-0.15, -0.1) is 0 Å². The number of carbonyl (C=O) groups excluding carboxylic acids is 1. The fourth-order valence-corrected chi connectivity index (χ4v) is 0.828. The highest BCUT2D eigenvalue weighted by molar-refractivity contribution is 5.95. The summed E-state index contributed by atoms with van der Waals surface area (Å²) in [6.07, 6.45) is 0.587. The first kappa shape index (κ1) is 14.3. The van der Waals surface area contributed by atoms with E-state index in [1.165, 1.54) is 6.92 Å². The van der Waals surface area contributed by atoms with Crippen LogP contribution in [0.1, 0.15) is 30.6 Å². The molecule has 16 heavy (non-hydrogen) atoms. The van der Waals surface area contributed by atoms with Crippen LogP contribution in [0.5, 0.6) is 0 Å². The smallest absolute Gasteiger partial charge is 0.320 e. The number of rotatable bonds is 3. The number of carbonyl (C=O) groups is 2. The van der Waals surface area contributed by atoms with Crippen LogP contribution < -0.4 is 5.73 Å². The number of hydrogen-bond donors (Lipinski definition) is 2. The SMILES string of the molecule is CC(N)C(=O)O.CCC(=O)c1ccccc1. The normalized spacial score (nSPS) is 10.9. The number of carboxylic acids is 1. The largest absolute Gasteiger partial charge is 0.480 e. The molecule has 1 aromatic carbocycles. The summed E-state index contributed by atoms with van der Waals surface area (Å²) in [5, 5.41) is 7.87. The summed E-state index contributed by atoms with van der Waals surface area (Å²) in [5.41, 5.74) is 5.65. The average Bonchev–Trinajstić information content (AvgIpc) is 2.30. The minimum atomic E-state index is -0.963. The maximum absolute atomic E-state index is 11.0. The van der Waals surface area contributed by atoms with Crippen LogP contribution in [0.3, 0.4) is 0 Å². The van der Waals surface area contributed by atoms with Crippen LogP contribution in [0.25, 0.3) is 0 Å².